The van der Waals surface area contributed by atoms with Crippen LogP contribution in [0, 0.1) is 5.82 Å². The highest BCUT2D eigenvalue weighted by molar-refractivity contribution is 5.88. The number of fused-ring (bicyclic) bond motifs is 1. The van der Waals surface area contributed by atoms with Crippen LogP contribution in [-0.4, -0.2) is 38.6 Å². The molecule has 1 unspecified atom stereocenters. The molecule has 1 amide bonds. The van der Waals surface area contributed by atoms with Crippen LogP contribution >= 0.6 is 0 Å². The number of nitrogens with one attached hydrogen (secondary N) is 1. The molecule has 0 saturated carbocycles. The molecule has 0 aliphatic heterocycles. The fourth-order valence-corrected chi connectivity index (χ4v) is 3.09. The van der Waals surface area contributed by atoms with Crippen LogP contribution in [0.3, 0.4) is 0 Å². The van der Waals surface area contributed by atoms with Gasteiger partial charge in [-0.3, -0.25) is 4.79 Å². The minimum absolute atomic E-state index is 0.114. The lowest BCUT2D eigenvalue weighted by atomic mass is 10.1. The van der Waals surface area contributed by atoms with Gasteiger partial charge in [0.05, 0.1) is 25.8 Å². The molecule has 1 heterocycles. The van der Waals surface area contributed by atoms with E-state index in [0.29, 0.717) is 17.9 Å². The first-order chi connectivity index (χ1) is 13.0. The van der Waals surface area contributed by atoms with Crippen molar-refractivity contribution in [1.29, 1.82) is 0 Å². The molecular weight excluding hydrogens is 347 g/mol. The molecule has 0 spiro atoms. The zero-order chi connectivity index (χ0) is 19.4. The highest BCUT2D eigenvalue weighted by Crippen LogP contribution is 2.26. The normalized spacial score (nSPS) is 12.3. The van der Waals surface area contributed by atoms with Gasteiger partial charge in [-0.25, -0.2) is 4.39 Å². The predicted octanol–water partition coefficient (Wildman–Crippen LogP) is 3.54. The van der Waals surface area contributed by atoms with E-state index in [1.54, 1.807) is 25.5 Å². The Kier molecular flexibility index (Phi) is 5.76. The first-order valence-electron chi connectivity index (χ1n) is 8.70. The van der Waals surface area contributed by atoms with Gasteiger partial charge in [0.2, 0.25) is 5.91 Å². The molecule has 3 aromatic rings. The van der Waals surface area contributed by atoms with Gasteiger partial charge in [-0.1, -0.05) is 12.1 Å². The summed E-state index contributed by atoms with van der Waals surface area (Å²) in [5.41, 5.74) is 2.32. The molecule has 1 N–H and O–H groups in total. The van der Waals surface area contributed by atoms with Gasteiger partial charge in [0.15, 0.2) is 0 Å². The Morgan fingerprint density at radius 3 is 2.78 bits per heavy atom. The summed E-state index contributed by atoms with van der Waals surface area (Å²) in [6.07, 6.45) is 1.81. The average molecular weight is 370 g/mol. The lowest BCUT2D eigenvalue weighted by Gasteiger charge is -2.25. The first-order valence-corrected chi connectivity index (χ1v) is 8.70. The van der Waals surface area contributed by atoms with E-state index in [0.717, 1.165) is 16.5 Å². The van der Waals surface area contributed by atoms with Crippen molar-refractivity contribution in [2.45, 2.75) is 12.5 Å². The third-order valence-corrected chi connectivity index (χ3v) is 4.56. The molecule has 3 rings (SSSR count). The SMILES string of the molecule is COc1ccc2c(CC(=O)NCC(c3cccc(F)c3)N(C)C)coc2c1. The highest BCUT2D eigenvalue weighted by Gasteiger charge is 2.17. The number of likely N-dealkylation sites (N-methyl/N-ethyl adjacent to an activating group) is 1. The first kappa shape index (κ1) is 18.9. The van der Waals surface area contributed by atoms with E-state index in [4.69, 9.17) is 9.15 Å². The summed E-state index contributed by atoms with van der Waals surface area (Å²) in [5, 5.41) is 3.83. The third-order valence-electron chi connectivity index (χ3n) is 4.56. The molecule has 0 fully saturated rings. The third kappa shape index (κ3) is 4.46. The lowest BCUT2D eigenvalue weighted by molar-refractivity contribution is -0.120. The monoisotopic (exact) mass is 370 g/mol. The van der Waals surface area contributed by atoms with Crippen molar-refractivity contribution < 1.29 is 18.3 Å². The van der Waals surface area contributed by atoms with Gasteiger partial charge in [-0.2, -0.15) is 0 Å². The van der Waals surface area contributed by atoms with Crippen molar-refractivity contribution in [3.8, 4) is 5.75 Å². The zero-order valence-corrected chi connectivity index (χ0v) is 15.7. The molecule has 6 heteroatoms. The van der Waals surface area contributed by atoms with Crippen LogP contribution in [0.15, 0.2) is 53.1 Å². The van der Waals surface area contributed by atoms with E-state index >= 15 is 0 Å². The molecule has 0 aliphatic carbocycles. The van der Waals surface area contributed by atoms with Crippen molar-refractivity contribution in [3.05, 3.63) is 65.7 Å². The topological polar surface area (TPSA) is 54.7 Å². The van der Waals surface area contributed by atoms with Gasteiger partial charge in [0, 0.05) is 23.6 Å². The van der Waals surface area contributed by atoms with E-state index in [2.05, 4.69) is 5.32 Å². The quantitative estimate of drug-likeness (QED) is 0.691. The Morgan fingerprint density at radius 1 is 1.26 bits per heavy atom. The largest absolute Gasteiger partial charge is 0.497 e. The van der Waals surface area contributed by atoms with Gasteiger partial charge in [-0.05, 0) is 43.9 Å². The minimum atomic E-state index is -0.286. The minimum Gasteiger partial charge on any atom is -0.497 e. The maximum atomic E-state index is 13.5. The van der Waals surface area contributed by atoms with Crippen molar-refractivity contribution in [3.63, 3.8) is 0 Å². The smallest absolute Gasteiger partial charge is 0.224 e. The molecule has 1 atom stereocenters. The van der Waals surface area contributed by atoms with Gasteiger partial charge < -0.3 is 19.4 Å². The Balaban J connectivity index is 1.66. The number of amides is 1. The maximum Gasteiger partial charge on any atom is 0.224 e. The molecule has 0 bridgehead atoms. The number of nitrogens with zero attached hydrogens (tertiary/aromatic N) is 1. The number of ether oxygens (including phenoxy) is 1. The molecule has 2 aromatic carbocycles. The van der Waals surface area contributed by atoms with E-state index in [1.165, 1.54) is 12.1 Å². The number of methoxy groups -OCH3 is 1. The molecule has 0 saturated heterocycles. The summed E-state index contributed by atoms with van der Waals surface area (Å²) >= 11 is 0. The maximum absolute atomic E-state index is 13.5. The van der Waals surface area contributed by atoms with Crippen LogP contribution < -0.4 is 10.1 Å². The number of rotatable bonds is 7. The summed E-state index contributed by atoms with van der Waals surface area (Å²) in [5.74, 6) is 0.305. The van der Waals surface area contributed by atoms with E-state index < -0.39 is 0 Å². The second-order valence-electron chi connectivity index (χ2n) is 6.64. The van der Waals surface area contributed by atoms with Crippen LogP contribution in [-0.2, 0) is 11.2 Å². The number of carbonyl (C=O) groups is 1. The molecule has 0 radical (unpaired) electrons. The van der Waals surface area contributed by atoms with Gasteiger partial charge in [0.25, 0.3) is 0 Å². The Hall–Kier alpha value is -2.86. The number of carbonyl (C=O) groups excluding carboxylic acids is 1. The van der Waals surface area contributed by atoms with Crippen LogP contribution in [0.2, 0.25) is 0 Å². The standard InChI is InChI=1S/C21H23FN2O3/c1-24(2)19(14-5-4-6-16(22)9-14)12-23-21(25)10-15-13-27-20-11-17(26-3)7-8-18(15)20/h4-9,11,13,19H,10,12H2,1-3H3,(H,23,25). The molecule has 142 valence electrons. The Labute approximate surface area is 157 Å². The van der Waals surface area contributed by atoms with Crippen molar-refractivity contribution in [2.24, 2.45) is 0 Å². The Morgan fingerprint density at radius 2 is 2.07 bits per heavy atom. The molecular formula is C21H23FN2O3. The van der Waals surface area contributed by atoms with E-state index in [-0.39, 0.29) is 24.2 Å². The molecule has 0 aliphatic rings. The average Bonchev–Trinajstić information content (AvgIpc) is 3.03. The summed E-state index contributed by atoms with van der Waals surface area (Å²) in [4.78, 5) is 14.4. The number of hydrogen-bond acceptors (Lipinski definition) is 4. The number of halogens is 1. The second-order valence-corrected chi connectivity index (χ2v) is 6.64. The van der Waals surface area contributed by atoms with Crippen LogP contribution in [0.5, 0.6) is 5.75 Å². The summed E-state index contributed by atoms with van der Waals surface area (Å²) in [6.45, 7) is 0.388. The van der Waals surface area contributed by atoms with Crippen molar-refractivity contribution in [1.82, 2.24) is 10.2 Å². The molecule has 27 heavy (non-hydrogen) atoms. The highest BCUT2D eigenvalue weighted by atomic mass is 19.1. The number of furan rings is 1. The molecule has 1 aromatic heterocycles. The summed E-state index contributed by atoms with van der Waals surface area (Å²) in [7, 11) is 5.40. The van der Waals surface area contributed by atoms with Crippen molar-refractivity contribution >= 4 is 16.9 Å². The van der Waals surface area contributed by atoms with Gasteiger partial charge >= 0.3 is 0 Å². The van der Waals surface area contributed by atoms with Gasteiger partial charge in [-0.15, -0.1) is 0 Å². The van der Waals surface area contributed by atoms with Crippen molar-refractivity contribution in [2.75, 3.05) is 27.7 Å². The number of benzene rings is 2. The lowest BCUT2D eigenvalue weighted by Crippen LogP contribution is -2.35. The van der Waals surface area contributed by atoms with E-state index in [9.17, 15) is 9.18 Å². The van der Waals surface area contributed by atoms with Crippen LogP contribution in [0.1, 0.15) is 17.2 Å². The fraction of sp³-hybridized carbons (Fsp3) is 0.286. The second kappa shape index (κ2) is 8.22. The van der Waals surface area contributed by atoms with Gasteiger partial charge in [0.1, 0.15) is 17.1 Å². The van der Waals surface area contributed by atoms with E-state index in [1.807, 2.05) is 37.2 Å². The van der Waals surface area contributed by atoms with Crippen LogP contribution in [0.4, 0.5) is 4.39 Å². The Bertz CT molecular complexity index is 936. The fourth-order valence-electron chi connectivity index (χ4n) is 3.09. The van der Waals surface area contributed by atoms with Crippen LogP contribution in [0.25, 0.3) is 11.0 Å². The molecule has 5 nitrogen and oxygen atoms in total. The summed E-state index contributed by atoms with van der Waals surface area (Å²) < 4.78 is 24.2. The number of hydrogen-bond donors (Lipinski definition) is 1. The summed E-state index contributed by atoms with van der Waals surface area (Å²) in [6, 6.07) is 11.8. The predicted molar refractivity (Wildman–Crippen MR) is 102 cm³/mol. The zero-order valence-electron chi connectivity index (χ0n) is 15.7.